The topological polar surface area (TPSA) is 125 Å². The first kappa shape index (κ1) is 27.4. The summed E-state index contributed by atoms with van der Waals surface area (Å²) in [4.78, 5) is 44.9. The first-order valence-corrected chi connectivity index (χ1v) is 12.2. The summed E-state index contributed by atoms with van der Waals surface area (Å²) in [7, 11) is 0. The molecular formula is C27H38N4O5. The molecule has 1 aromatic carbocycles. The number of aromatic nitrogens is 1. The molecule has 0 aliphatic carbocycles. The predicted octanol–water partition coefficient (Wildman–Crippen LogP) is 2.81. The van der Waals surface area contributed by atoms with Crippen LogP contribution in [-0.2, 0) is 20.9 Å². The third-order valence-corrected chi connectivity index (χ3v) is 6.36. The number of nitrogens with zero attached hydrogens (tertiary/aromatic N) is 2. The fourth-order valence-corrected chi connectivity index (χ4v) is 4.13. The summed E-state index contributed by atoms with van der Waals surface area (Å²) < 4.78 is 5.42. The minimum Gasteiger partial charge on any atom is -0.443 e. The Morgan fingerprint density at radius 2 is 1.78 bits per heavy atom. The summed E-state index contributed by atoms with van der Waals surface area (Å²) in [5.41, 5.74) is 1.31. The number of rotatable bonds is 6. The molecular weight excluding hydrogens is 460 g/mol. The second-order valence-corrected chi connectivity index (χ2v) is 11.6. The van der Waals surface area contributed by atoms with Gasteiger partial charge in [0.1, 0.15) is 12.1 Å². The molecule has 3 amide bonds. The number of carbonyl (C=O) groups excluding carboxylic acids is 3. The summed E-state index contributed by atoms with van der Waals surface area (Å²) in [5.74, 6) is -0.263. The standard InChI is InChI=1S/C27H38N4O5/c1-16-21(36-15-29-16)18-10-8-17(9-11-18)13-28-23(33)20-12-19(32)14-31(20)24(34)22(26(2,3)4)30-25(35)27(5,6)7/h8-11,15,19-20,22,32H,12-14H2,1-7H3,(H,28,33)(H,30,35)/t19-,20+,22-/m1/s1. The average molecular weight is 499 g/mol. The maximum Gasteiger partial charge on any atom is 0.246 e. The highest BCUT2D eigenvalue weighted by atomic mass is 16.3. The van der Waals surface area contributed by atoms with Crippen molar-refractivity contribution in [1.29, 1.82) is 0 Å². The molecule has 2 heterocycles. The van der Waals surface area contributed by atoms with Gasteiger partial charge in [0.25, 0.3) is 0 Å². The van der Waals surface area contributed by atoms with E-state index < -0.39 is 29.0 Å². The Hall–Kier alpha value is -3.20. The lowest BCUT2D eigenvalue weighted by Gasteiger charge is -2.36. The maximum absolute atomic E-state index is 13.6. The number of hydrogen-bond acceptors (Lipinski definition) is 6. The molecule has 3 atom stereocenters. The molecule has 0 spiro atoms. The van der Waals surface area contributed by atoms with Crippen molar-refractivity contribution in [2.45, 2.75) is 79.6 Å². The van der Waals surface area contributed by atoms with Gasteiger partial charge in [-0.1, -0.05) is 65.8 Å². The predicted molar refractivity (Wildman–Crippen MR) is 135 cm³/mol. The van der Waals surface area contributed by atoms with Gasteiger partial charge in [-0.15, -0.1) is 0 Å². The van der Waals surface area contributed by atoms with Gasteiger partial charge < -0.3 is 25.1 Å². The van der Waals surface area contributed by atoms with E-state index in [0.717, 1.165) is 16.8 Å². The lowest BCUT2D eigenvalue weighted by atomic mass is 9.84. The number of likely N-dealkylation sites (tertiary alicyclic amines) is 1. The quantitative estimate of drug-likeness (QED) is 0.563. The molecule has 0 bridgehead atoms. The van der Waals surface area contributed by atoms with Gasteiger partial charge >= 0.3 is 0 Å². The lowest BCUT2D eigenvalue weighted by molar-refractivity contribution is -0.145. The smallest absolute Gasteiger partial charge is 0.246 e. The number of β-amino-alcohol motifs (C(OH)–C–C–N with tert-alkyl or cyclic N) is 1. The van der Waals surface area contributed by atoms with Crippen LogP contribution in [0.3, 0.4) is 0 Å². The van der Waals surface area contributed by atoms with Crippen molar-refractivity contribution in [2.24, 2.45) is 10.8 Å². The van der Waals surface area contributed by atoms with E-state index in [-0.39, 0.29) is 37.2 Å². The first-order chi connectivity index (χ1) is 16.7. The van der Waals surface area contributed by atoms with Crippen LogP contribution in [0.1, 0.15) is 59.2 Å². The third-order valence-electron chi connectivity index (χ3n) is 6.36. The fraction of sp³-hybridized carbons (Fsp3) is 0.556. The van der Waals surface area contributed by atoms with Crippen LogP contribution in [0, 0.1) is 17.8 Å². The van der Waals surface area contributed by atoms with E-state index in [1.54, 1.807) is 20.8 Å². The van der Waals surface area contributed by atoms with Gasteiger partial charge in [-0.2, -0.15) is 0 Å². The summed E-state index contributed by atoms with van der Waals surface area (Å²) in [6.07, 6.45) is 0.736. The number of amides is 3. The van der Waals surface area contributed by atoms with E-state index >= 15 is 0 Å². The molecule has 0 saturated carbocycles. The third kappa shape index (κ3) is 6.32. The molecule has 1 saturated heterocycles. The number of hydrogen-bond donors (Lipinski definition) is 3. The van der Waals surface area contributed by atoms with Crippen LogP contribution >= 0.6 is 0 Å². The van der Waals surface area contributed by atoms with Crippen LogP contribution in [0.4, 0.5) is 0 Å². The molecule has 3 N–H and O–H groups in total. The van der Waals surface area contributed by atoms with Gasteiger partial charge in [0.05, 0.1) is 11.8 Å². The summed E-state index contributed by atoms with van der Waals surface area (Å²) in [6.45, 7) is 13.1. The van der Waals surface area contributed by atoms with E-state index in [0.29, 0.717) is 5.76 Å². The van der Waals surface area contributed by atoms with Gasteiger partial charge in [-0.25, -0.2) is 4.98 Å². The number of carbonyl (C=O) groups is 3. The Balaban J connectivity index is 1.69. The molecule has 1 aliphatic heterocycles. The van der Waals surface area contributed by atoms with Crippen molar-refractivity contribution in [2.75, 3.05) is 6.54 Å². The zero-order valence-corrected chi connectivity index (χ0v) is 22.2. The van der Waals surface area contributed by atoms with E-state index in [2.05, 4.69) is 15.6 Å². The van der Waals surface area contributed by atoms with Crippen LogP contribution < -0.4 is 10.6 Å². The van der Waals surface area contributed by atoms with Gasteiger partial charge in [0.15, 0.2) is 12.2 Å². The van der Waals surface area contributed by atoms with Crippen molar-refractivity contribution in [3.63, 3.8) is 0 Å². The summed E-state index contributed by atoms with van der Waals surface area (Å²) in [5, 5.41) is 16.1. The molecule has 1 aromatic heterocycles. The van der Waals surface area contributed by atoms with Crippen LogP contribution in [-0.4, -0.2) is 57.4 Å². The van der Waals surface area contributed by atoms with Gasteiger partial charge in [-0.05, 0) is 17.9 Å². The second kappa shape index (κ2) is 10.4. The van der Waals surface area contributed by atoms with Crippen molar-refractivity contribution in [1.82, 2.24) is 20.5 Å². The number of aliphatic hydroxyl groups is 1. The molecule has 196 valence electrons. The van der Waals surface area contributed by atoms with Crippen molar-refractivity contribution < 1.29 is 23.9 Å². The lowest BCUT2D eigenvalue weighted by Crippen LogP contribution is -2.59. The number of benzene rings is 1. The average Bonchev–Trinajstić information content (AvgIpc) is 3.39. The zero-order chi connectivity index (χ0) is 26.8. The van der Waals surface area contributed by atoms with Crippen LogP contribution in [0.15, 0.2) is 35.1 Å². The zero-order valence-electron chi connectivity index (χ0n) is 22.2. The molecule has 9 heteroatoms. The van der Waals surface area contributed by atoms with Gasteiger partial charge in [0.2, 0.25) is 17.7 Å². The molecule has 0 unspecified atom stereocenters. The Kier molecular flexibility index (Phi) is 7.93. The first-order valence-electron chi connectivity index (χ1n) is 12.2. The minimum absolute atomic E-state index is 0.0418. The molecule has 2 aromatic rings. The molecule has 1 fully saturated rings. The number of oxazole rings is 1. The second-order valence-electron chi connectivity index (χ2n) is 11.6. The Morgan fingerprint density at radius 3 is 2.31 bits per heavy atom. The molecule has 0 radical (unpaired) electrons. The molecule has 36 heavy (non-hydrogen) atoms. The minimum atomic E-state index is -0.836. The number of nitrogens with one attached hydrogen (secondary N) is 2. The highest BCUT2D eigenvalue weighted by Gasteiger charge is 2.45. The fourth-order valence-electron chi connectivity index (χ4n) is 4.13. The summed E-state index contributed by atoms with van der Waals surface area (Å²) in [6, 6.07) is 5.92. The number of aryl methyl sites for hydroxylation is 1. The van der Waals surface area contributed by atoms with E-state index in [1.165, 1.54) is 11.3 Å². The Labute approximate surface area is 212 Å². The van der Waals surface area contributed by atoms with Crippen molar-refractivity contribution in [3.05, 3.63) is 41.9 Å². The Bertz CT molecular complexity index is 1090. The van der Waals surface area contributed by atoms with Crippen LogP contribution in [0.25, 0.3) is 11.3 Å². The van der Waals surface area contributed by atoms with E-state index in [1.807, 2.05) is 52.0 Å². The van der Waals surface area contributed by atoms with Gasteiger partial charge in [-0.3, -0.25) is 14.4 Å². The number of aliphatic hydroxyl groups excluding tert-OH is 1. The van der Waals surface area contributed by atoms with Crippen LogP contribution in [0.5, 0.6) is 0 Å². The highest BCUT2D eigenvalue weighted by Crippen LogP contribution is 2.28. The molecule has 1 aliphatic rings. The normalized spacial score (nSPS) is 19.2. The van der Waals surface area contributed by atoms with Crippen LogP contribution in [0.2, 0.25) is 0 Å². The largest absolute Gasteiger partial charge is 0.443 e. The summed E-state index contributed by atoms with van der Waals surface area (Å²) >= 11 is 0. The van der Waals surface area contributed by atoms with E-state index in [9.17, 15) is 19.5 Å². The van der Waals surface area contributed by atoms with Crippen molar-refractivity contribution >= 4 is 17.7 Å². The monoisotopic (exact) mass is 498 g/mol. The van der Waals surface area contributed by atoms with Crippen molar-refractivity contribution in [3.8, 4) is 11.3 Å². The maximum atomic E-state index is 13.6. The molecule has 3 rings (SSSR count). The van der Waals surface area contributed by atoms with Gasteiger partial charge in [0, 0.05) is 30.5 Å². The SMILES string of the molecule is Cc1ncoc1-c1ccc(CNC(=O)[C@@H]2C[C@@H](O)CN2C(=O)[C@@H](NC(=O)C(C)(C)C)C(C)(C)C)cc1. The molecule has 9 nitrogen and oxygen atoms in total. The Morgan fingerprint density at radius 1 is 1.14 bits per heavy atom. The van der Waals surface area contributed by atoms with E-state index in [4.69, 9.17) is 4.42 Å². The highest BCUT2D eigenvalue weighted by molar-refractivity contribution is 5.94.